The van der Waals surface area contributed by atoms with Crippen LogP contribution in [0.4, 0.5) is 0 Å². The van der Waals surface area contributed by atoms with Crippen molar-refractivity contribution >= 4 is 0 Å². The Labute approximate surface area is 226 Å². The van der Waals surface area contributed by atoms with Crippen molar-refractivity contribution in [1.82, 2.24) is 15.3 Å². The highest BCUT2D eigenvalue weighted by Gasteiger charge is 2.67. The lowest BCUT2D eigenvalue weighted by Crippen LogP contribution is -2.71. The van der Waals surface area contributed by atoms with Gasteiger partial charge >= 0.3 is 0 Å². The molecule has 0 aromatic carbocycles. The van der Waals surface area contributed by atoms with Gasteiger partial charge in [-0.2, -0.15) is 0 Å². The standard InChI is InChI=1S/C32H55N3O2/c1-21(2)7-6-8-22(3)26-9-10-27-25-17-29(34-16-13-23-19-33-20-35-23)32(37)18-24(36)11-15-31(32,5)28(25)12-14-30(26,27)4/h19-22,24-29,34,36-37H,6-18H2,1-5H3,(H,33,35)/t22-,24?,25+,26-,27+,28+,29?,30-,31-,32+/m1/s1. The third-order valence-electron chi connectivity index (χ3n) is 12.4. The molecule has 2 unspecified atom stereocenters. The normalized spacial score (nSPS) is 44.3. The van der Waals surface area contributed by atoms with Crippen LogP contribution < -0.4 is 5.32 Å². The molecule has 5 rings (SSSR count). The quantitative estimate of drug-likeness (QED) is 0.321. The third kappa shape index (κ3) is 4.84. The first kappa shape index (κ1) is 27.6. The summed E-state index contributed by atoms with van der Waals surface area (Å²) < 4.78 is 0. The fourth-order valence-electron chi connectivity index (χ4n) is 10.4. The second-order valence-corrected chi connectivity index (χ2v) is 14.7. The Bertz CT molecular complexity index is 889. The predicted octanol–water partition coefficient (Wildman–Crippen LogP) is 6.12. The van der Waals surface area contributed by atoms with Crippen molar-refractivity contribution in [2.24, 2.45) is 46.3 Å². The SMILES string of the molecule is CC(C)CCC[C@@H](C)[C@H]1CC[C@H]2[C@@H]3CC(NCCc4c[nH]cn4)[C@@]4(O)CC(O)CC[C@]4(C)[C@H]3CC[C@]12C. The summed E-state index contributed by atoms with van der Waals surface area (Å²) in [5, 5.41) is 27.0. The Balaban J connectivity index is 1.36. The minimum atomic E-state index is -0.840. The van der Waals surface area contributed by atoms with Gasteiger partial charge < -0.3 is 20.5 Å². The molecule has 37 heavy (non-hydrogen) atoms. The van der Waals surface area contributed by atoms with Crippen LogP contribution in [0.25, 0.3) is 0 Å². The predicted molar refractivity (Wildman–Crippen MR) is 150 cm³/mol. The van der Waals surface area contributed by atoms with Gasteiger partial charge in [-0.15, -0.1) is 0 Å². The van der Waals surface area contributed by atoms with Crippen molar-refractivity contribution < 1.29 is 10.2 Å². The summed E-state index contributed by atoms with van der Waals surface area (Å²) in [6.45, 7) is 13.1. The van der Waals surface area contributed by atoms with E-state index in [-0.39, 0.29) is 17.6 Å². The van der Waals surface area contributed by atoms with Crippen molar-refractivity contribution in [2.45, 2.75) is 129 Å². The number of imidazole rings is 1. The fourth-order valence-corrected chi connectivity index (χ4v) is 10.4. The van der Waals surface area contributed by atoms with Gasteiger partial charge in [-0.25, -0.2) is 4.98 Å². The number of aromatic amines is 1. The van der Waals surface area contributed by atoms with Crippen LogP contribution in [0.3, 0.4) is 0 Å². The molecule has 0 saturated heterocycles. The molecule has 1 heterocycles. The molecule has 4 aliphatic carbocycles. The maximum Gasteiger partial charge on any atom is 0.0923 e. The van der Waals surface area contributed by atoms with Gasteiger partial charge in [-0.05, 0) is 85.9 Å². The molecular weight excluding hydrogens is 458 g/mol. The molecule has 4 aliphatic rings. The van der Waals surface area contributed by atoms with Crippen LogP contribution in [0.15, 0.2) is 12.5 Å². The summed E-state index contributed by atoms with van der Waals surface area (Å²) in [6.07, 6.45) is 17.0. The van der Waals surface area contributed by atoms with Crippen LogP contribution in [0.2, 0.25) is 0 Å². The van der Waals surface area contributed by atoms with Gasteiger partial charge in [0.15, 0.2) is 0 Å². The van der Waals surface area contributed by atoms with E-state index in [0.29, 0.717) is 23.7 Å². The van der Waals surface area contributed by atoms with Gasteiger partial charge in [-0.3, -0.25) is 0 Å². The van der Waals surface area contributed by atoms with E-state index in [0.717, 1.165) is 61.6 Å². The van der Waals surface area contributed by atoms with Gasteiger partial charge in [0, 0.05) is 37.0 Å². The Hall–Kier alpha value is -0.910. The average molecular weight is 514 g/mol. The number of fused-ring (bicyclic) bond motifs is 5. The number of nitrogens with zero attached hydrogens (tertiary/aromatic N) is 1. The zero-order valence-electron chi connectivity index (χ0n) is 24.3. The Morgan fingerprint density at radius 2 is 1.89 bits per heavy atom. The minimum Gasteiger partial charge on any atom is -0.393 e. The molecule has 5 nitrogen and oxygen atoms in total. The smallest absolute Gasteiger partial charge is 0.0923 e. The summed E-state index contributed by atoms with van der Waals surface area (Å²) in [4.78, 5) is 7.46. The summed E-state index contributed by atoms with van der Waals surface area (Å²) in [6, 6.07) is 0.0394. The lowest BCUT2D eigenvalue weighted by Gasteiger charge is -2.66. The molecule has 0 bridgehead atoms. The number of hydrogen-bond acceptors (Lipinski definition) is 4. The van der Waals surface area contributed by atoms with E-state index in [9.17, 15) is 10.2 Å². The highest BCUT2D eigenvalue weighted by Crippen LogP contribution is 2.69. The van der Waals surface area contributed by atoms with Crippen LogP contribution in [-0.4, -0.2) is 44.5 Å². The van der Waals surface area contributed by atoms with Gasteiger partial charge in [0.05, 0.1) is 23.7 Å². The molecule has 0 spiro atoms. The summed E-state index contributed by atoms with van der Waals surface area (Å²) in [7, 11) is 0. The third-order valence-corrected chi connectivity index (χ3v) is 12.4. The zero-order chi connectivity index (χ0) is 26.4. The minimum absolute atomic E-state index is 0.0394. The molecule has 1 aromatic heterocycles. The van der Waals surface area contributed by atoms with E-state index in [1.165, 1.54) is 44.9 Å². The van der Waals surface area contributed by atoms with Crippen molar-refractivity contribution in [3.05, 3.63) is 18.2 Å². The average Bonchev–Trinajstić information content (AvgIpc) is 3.48. The van der Waals surface area contributed by atoms with Crippen molar-refractivity contribution in [3.8, 4) is 0 Å². The molecule has 10 atom stereocenters. The van der Waals surface area contributed by atoms with E-state index in [4.69, 9.17) is 0 Å². The Kier molecular flexibility index (Phi) is 7.90. The molecule has 210 valence electrons. The number of aliphatic hydroxyl groups is 2. The molecule has 4 saturated carbocycles. The van der Waals surface area contributed by atoms with Crippen molar-refractivity contribution in [2.75, 3.05) is 6.54 Å². The first-order valence-electron chi connectivity index (χ1n) is 15.7. The molecule has 0 aliphatic heterocycles. The van der Waals surface area contributed by atoms with Gasteiger partial charge in [0.2, 0.25) is 0 Å². The molecule has 1 aromatic rings. The molecule has 0 radical (unpaired) electrons. The van der Waals surface area contributed by atoms with Crippen LogP contribution in [-0.2, 0) is 6.42 Å². The Morgan fingerprint density at radius 1 is 1.08 bits per heavy atom. The van der Waals surface area contributed by atoms with Crippen LogP contribution in [0, 0.1) is 46.3 Å². The number of aromatic nitrogens is 2. The Morgan fingerprint density at radius 3 is 2.62 bits per heavy atom. The number of nitrogens with one attached hydrogen (secondary N) is 2. The summed E-state index contributed by atoms with van der Waals surface area (Å²) in [5.74, 6) is 4.49. The number of rotatable bonds is 9. The van der Waals surface area contributed by atoms with Crippen LogP contribution >= 0.6 is 0 Å². The van der Waals surface area contributed by atoms with E-state index >= 15 is 0 Å². The fraction of sp³-hybridized carbons (Fsp3) is 0.906. The highest BCUT2D eigenvalue weighted by molar-refractivity contribution is 5.18. The van der Waals surface area contributed by atoms with Gasteiger partial charge in [0.1, 0.15) is 0 Å². The van der Waals surface area contributed by atoms with Crippen LogP contribution in [0.5, 0.6) is 0 Å². The maximum absolute atomic E-state index is 12.4. The molecule has 4 N–H and O–H groups in total. The van der Waals surface area contributed by atoms with Crippen molar-refractivity contribution in [3.63, 3.8) is 0 Å². The zero-order valence-corrected chi connectivity index (χ0v) is 24.3. The second kappa shape index (κ2) is 10.6. The first-order valence-corrected chi connectivity index (χ1v) is 15.7. The van der Waals surface area contributed by atoms with Gasteiger partial charge in [0.25, 0.3) is 0 Å². The number of H-pyrrole nitrogens is 1. The molecule has 0 amide bonds. The number of hydrogen-bond donors (Lipinski definition) is 4. The van der Waals surface area contributed by atoms with E-state index in [1.807, 2.05) is 6.20 Å². The molecule has 5 heteroatoms. The topological polar surface area (TPSA) is 81.2 Å². The maximum atomic E-state index is 12.4. The van der Waals surface area contributed by atoms with E-state index in [1.54, 1.807) is 6.33 Å². The monoisotopic (exact) mass is 513 g/mol. The molecular formula is C32H55N3O2. The lowest BCUT2D eigenvalue weighted by atomic mass is 9.42. The summed E-state index contributed by atoms with van der Waals surface area (Å²) >= 11 is 0. The van der Waals surface area contributed by atoms with Crippen LogP contribution in [0.1, 0.15) is 111 Å². The highest BCUT2D eigenvalue weighted by atomic mass is 16.3. The lowest BCUT2D eigenvalue weighted by molar-refractivity contribution is -0.234. The largest absolute Gasteiger partial charge is 0.393 e. The second-order valence-electron chi connectivity index (χ2n) is 14.7. The molecule has 4 fully saturated rings. The first-order chi connectivity index (χ1) is 17.6. The van der Waals surface area contributed by atoms with Crippen molar-refractivity contribution in [1.29, 1.82) is 0 Å². The summed E-state index contributed by atoms with van der Waals surface area (Å²) in [5.41, 5.74) is 0.544. The number of aliphatic hydroxyl groups excluding tert-OH is 1. The van der Waals surface area contributed by atoms with Gasteiger partial charge in [-0.1, -0.05) is 53.9 Å². The van der Waals surface area contributed by atoms with E-state index in [2.05, 4.69) is 49.9 Å². The van der Waals surface area contributed by atoms with E-state index < -0.39 is 5.60 Å².